The van der Waals surface area contributed by atoms with Gasteiger partial charge >= 0.3 is 0 Å². The summed E-state index contributed by atoms with van der Waals surface area (Å²) in [4.78, 5) is 14.8. The summed E-state index contributed by atoms with van der Waals surface area (Å²) in [5.74, 6) is 0.582. The molecule has 0 spiro atoms. The zero-order valence-corrected chi connectivity index (χ0v) is 18.6. The number of Topliss-reactive ketones (excluding diaryl/α,β-unsaturated/α-hetero) is 1. The SMILES string of the molecule is COC1=CC=C2C(C(=O)c3cc(OC)c(OC)c(OC)c3)=C(n3nnc(N)n3)OC2(C)C1O. The Hall–Kier alpha value is -4.06. The number of methoxy groups -OCH3 is 4. The smallest absolute Gasteiger partial charge is 0.261 e. The fourth-order valence-electron chi connectivity index (χ4n) is 3.86. The topological polar surface area (TPSA) is 153 Å². The number of ether oxygens (including phenoxy) is 5. The Morgan fingerprint density at radius 2 is 1.79 bits per heavy atom. The Labute approximate surface area is 188 Å². The molecule has 4 rings (SSSR count). The monoisotopic (exact) mass is 457 g/mol. The van der Waals surface area contributed by atoms with E-state index in [0.29, 0.717) is 22.8 Å². The Kier molecular flexibility index (Phi) is 5.46. The highest BCUT2D eigenvalue weighted by Crippen LogP contribution is 2.48. The summed E-state index contributed by atoms with van der Waals surface area (Å²) in [6.45, 7) is 1.63. The van der Waals surface area contributed by atoms with Crippen LogP contribution in [0.25, 0.3) is 5.88 Å². The van der Waals surface area contributed by atoms with E-state index >= 15 is 0 Å². The summed E-state index contributed by atoms with van der Waals surface area (Å²) in [7, 11) is 5.80. The molecule has 2 aromatic rings. The number of carbonyl (C=O) groups is 1. The lowest BCUT2D eigenvalue weighted by Crippen LogP contribution is -2.44. The van der Waals surface area contributed by atoms with Crippen molar-refractivity contribution in [3.8, 4) is 17.2 Å². The number of nitrogens with zero attached hydrogens (tertiary/aromatic N) is 4. The first kappa shape index (κ1) is 22.1. The molecule has 174 valence electrons. The largest absolute Gasteiger partial charge is 0.498 e. The van der Waals surface area contributed by atoms with Crippen molar-refractivity contribution in [2.45, 2.75) is 18.6 Å². The Morgan fingerprint density at radius 3 is 2.30 bits per heavy atom. The van der Waals surface area contributed by atoms with E-state index in [1.165, 1.54) is 40.6 Å². The summed E-state index contributed by atoms with van der Waals surface area (Å²) in [5, 5.41) is 22.4. The fourth-order valence-corrected chi connectivity index (χ4v) is 3.86. The van der Waals surface area contributed by atoms with Crippen molar-refractivity contribution in [2.24, 2.45) is 0 Å². The first-order valence-corrected chi connectivity index (χ1v) is 9.77. The number of carbonyl (C=O) groups excluding carboxylic acids is 1. The second-order valence-electron chi connectivity index (χ2n) is 7.33. The number of anilines is 1. The molecule has 2 heterocycles. The van der Waals surface area contributed by atoms with Crippen molar-refractivity contribution in [3.05, 3.63) is 46.8 Å². The number of allylic oxidation sites excluding steroid dienone is 2. The molecule has 1 aromatic carbocycles. The van der Waals surface area contributed by atoms with Crippen LogP contribution in [-0.2, 0) is 9.47 Å². The number of hydrogen-bond acceptors (Lipinski definition) is 11. The van der Waals surface area contributed by atoms with Gasteiger partial charge in [-0.05, 0) is 30.3 Å². The number of benzene rings is 1. The third-order valence-electron chi connectivity index (χ3n) is 5.53. The fraction of sp³-hybridized carbons (Fsp3) is 0.333. The standard InChI is InChI=1S/C21H23N5O7/c1-21-11(6-7-12(29-2)18(21)28)15(19(33-21)26-24-20(22)23-25-26)16(27)10-8-13(30-3)17(32-5)14(9-10)31-4/h6-9,18,28H,1-5H3,(H2,22,24). The molecule has 2 aliphatic rings. The molecule has 1 aliphatic carbocycles. The Morgan fingerprint density at radius 1 is 1.12 bits per heavy atom. The molecule has 1 aliphatic heterocycles. The molecule has 12 heteroatoms. The van der Waals surface area contributed by atoms with E-state index in [1.54, 1.807) is 19.1 Å². The predicted octanol–water partition coefficient (Wildman–Crippen LogP) is 0.953. The van der Waals surface area contributed by atoms with Crippen LogP contribution < -0.4 is 19.9 Å². The number of nitrogens with two attached hydrogens (primary N) is 1. The van der Waals surface area contributed by atoms with Gasteiger partial charge in [-0.2, -0.15) is 0 Å². The maximum Gasteiger partial charge on any atom is 0.261 e. The molecule has 0 fully saturated rings. The highest BCUT2D eigenvalue weighted by molar-refractivity contribution is 6.16. The van der Waals surface area contributed by atoms with Gasteiger partial charge in [-0.3, -0.25) is 4.79 Å². The lowest BCUT2D eigenvalue weighted by Gasteiger charge is -2.34. The number of aliphatic hydroxyl groups excluding tert-OH is 1. The highest BCUT2D eigenvalue weighted by Gasteiger charge is 2.53. The summed E-state index contributed by atoms with van der Waals surface area (Å²) in [5.41, 5.74) is 5.00. The van der Waals surface area contributed by atoms with Gasteiger partial charge in [0.05, 0.1) is 34.0 Å². The van der Waals surface area contributed by atoms with Gasteiger partial charge in [0.15, 0.2) is 29.0 Å². The average Bonchev–Trinajstić information content (AvgIpc) is 3.39. The lowest BCUT2D eigenvalue weighted by molar-refractivity contribution is -0.0348. The lowest BCUT2D eigenvalue weighted by atomic mass is 9.80. The summed E-state index contributed by atoms with van der Waals surface area (Å²) >= 11 is 0. The van der Waals surface area contributed by atoms with E-state index in [4.69, 9.17) is 29.4 Å². The molecule has 3 N–H and O–H groups in total. The summed E-state index contributed by atoms with van der Waals surface area (Å²) in [6, 6.07) is 3.03. The minimum atomic E-state index is -1.36. The molecular weight excluding hydrogens is 434 g/mol. The second kappa shape index (κ2) is 8.13. The van der Waals surface area contributed by atoms with E-state index in [9.17, 15) is 9.90 Å². The zero-order chi connectivity index (χ0) is 23.9. The van der Waals surface area contributed by atoms with Crippen molar-refractivity contribution in [1.82, 2.24) is 20.2 Å². The average molecular weight is 457 g/mol. The highest BCUT2D eigenvalue weighted by atomic mass is 16.6. The molecule has 0 bridgehead atoms. The van der Waals surface area contributed by atoms with E-state index in [0.717, 1.165) is 4.80 Å². The molecule has 0 radical (unpaired) electrons. The van der Waals surface area contributed by atoms with Crippen molar-refractivity contribution in [3.63, 3.8) is 0 Å². The number of fused-ring (bicyclic) bond motifs is 1. The number of aromatic nitrogens is 4. The van der Waals surface area contributed by atoms with Gasteiger partial charge in [0.1, 0.15) is 5.76 Å². The van der Waals surface area contributed by atoms with Gasteiger partial charge in [0, 0.05) is 11.1 Å². The second-order valence-corrected chi connectivity index (χ2v) is 7.33. The van der Waals surface area contributed by atoms with Crippen molar-refractivity contribution in [1.29, 1.82) is 0 Å². The predicted molar refractivity (Wildman–Crippen MR) is 115 cm³/mol. The zero-order valence-electron chi connectivity index (χ0n) is 18.6. The molecule has 33 heavy (non-hydrogen) atoms. The van der Waals surface area contributed by atoms with Crippen LogP contribution in [0, 0.1) is 0 Å². The van der Waals surface area contributed by atoms with Crippen LogP contribution in [0.1, 0.15) is 17.3 Å². The number of aliphatic hydroxyl groups is 1. The van der Waals surface area contributed by atoms with Gasteiger partial charge in [0.2, 0.25) is 11.6 Å². The van der Waals surface area contributed by atoms with Crippen LogP contribution in [0.5, 0.6) is 17.2 Å². The quantitative estimate of drug-likeness (QED) is 0.571. The van der Waals surface area contributed by atoms with E-state index in [2.05, 4.69) is 15.4 Å². The van der Waals surface area contributed by atoms with Crippen LogP contribution in [0.15, 0.2) is 41.2 Å². The number of ketones is 1. The van der Waals surface area contributed by atoms with Crippen molar-refractivity contribution >= 4 is 17.6 Å². The third kappa shape index (κ3) is 3.35. The molecule has 1 aromatic heterocycles. The third-order valence-corrected chi connectivity index (χ3v) is 5.53. The van der Waals surface area contributed by atoms with E-state index in [-0.39, 0.29) is 28.7 Å². The van der Waals surface area contributed by atoms with Gasteiger partial charge in [0.25, 0.3) is 5.95 Å². The van der Waals surface area contributed by atoms with Crippen LogP contribution in [0.3, 0.4) is 0 Å². The Balaban J connectivity index is 1.93. The number of rotatable bonds is 7. The van der Waals surface area contributed by atoms with Gasteiger partial charge in [-0.15, -0.1) is 5.10 Å². The number of hydrogen-bond donors (Lipinski definition) is 2. The number of tetrazole rings is 1. The molecule has 2 unspecified atom stereocenters. The maximum absolute atomic E-state index is 13.8. The van der Waals surface area contributed by atoms with Crippen molar-refractivity contribution < 1.29 is 33.6 Å². The first-order chi connectivity index (χ1) is 15.8. The van der Waals surface area contributed by atoms with E-state index in [1.807, 2.05) is 0 Å². The van der Waals surface area contributed by atoms with Crippen molar-refractivity contribution in [2.75, 3.05) is 34.2 Å². The van der Waals surface area contributed by atoms with Crippen LogP contribution in [0.2, 0.25) is 0 Å². The molecule has 0 saturated carbocycles. The summed E-state index contributed by atoms with van der Waals surface area (Å²) < 4.78 is 27.4. The normalized spacial score (nSPS) is 21.6. The van der Waals surface area contributed by atoms with Gasteiger partial charge in [-0.1, -0.05) is 16.0 Å². The van der Waals surface area contributed by atoms with Gasteiger partial charge in [-0.25, -0.2) is 0 Å². The first-order valence-electron chi connectivity index (χ1n) is 9.77. The molecular formula is C21H23N5O7. The molecule has 0 saturated heterocycles. The van der Waals surface area contributed by atoms with Crippen LogP contribution in [-0.4, -0.2) is 71.2 Å². The van der Waals surface area contributed by atoms with E-state index < -0.39 is 17.5 Å². The minimum Gasteiger partial charge on any atom is -0.498 e. The summed E-state index contributed by atoms with van der Waals surface area (Å²) in [6.07, 6.45) is 2.01. The minimum absolute atomic E-state index is 0.0449. The Bertz CT molecular complexity index is 1190. The molecule has 12 nitrogen and oxygen atoms in total. The molecule has 0 amide bonds. The molecule has 2 atom stereocenters. The van der Waals surface area contributed by atoms with Crippen LogP contribution >= 0.6 is 0 Å². The maximum atomic E-state index is 13.8. The van der Waals surface area contributed by atoms with Gasteiger partial charge < -0.3 is 34.5 Å². The number of nitrogen functional groups attached to an aromatic ring is 1. The van der Waals surface area contributed by atoms with Crippen LogP contribution in [0.4, 0.5) is 5.95 Å².